The maximum absolute atomic E-state index is 13.1. The van der Waals surface area contributed by atoms with E-state index in [4.69, 9.17) is 4.74 Å². The van der Waals surface area contributed by atoms with Crippen molar-refractivity contribution in [1.29, 1.82) is 0 Å². The predicted octanol–water partition coefficient (Wildman–Crippen LogP) is 2.23. The molecule has 3 N–H and O–H groups in total. The van der Waals surface area contributed by atoms with Crippen LogP contribution in [0.3, 0.4) is 0 Å². The first-order chi connectivity index (χ1) is 12.5. The average molecular weight is 382 g/mol. The SMILES string of the molecule is CCNP(=O)(NCC)N1CCC[C@H](NC(=O)OCc2ccccc2)C1=O. The summed E-state index contributed by atoms with van der Waals surface area (Å²) in [5.41, 5.74) is 0.864. The maximum Gasteiger partial charge on any atom is 0.408 e. The third-order valence-electron chi connectivity index (χ3n) is 4.00. The Morgan fingerprint density at radius 1 is 1.23 bits per heavy atom. The van der Waals surface area contributed by atoms with E-state index in [0.717, 1.165) is 5.56 Å². The zero-order chi connectivity index (χ0) is 19.0. The molecule has 1 heterocycles. The van der Waals surface area contributed by atoms with Gasteiger partial charge in [-0.25, -0.2) is 15.0 Å². The number of piperidine rings is 1. The number of hydrogen-bond acceptors (Lipinski definition) is 4. The summed E-state index contributed by atoms with van der Waals surface area (Å²) in [5.74, 6) is -0.363. The van der Waals surface area contributed by atoms with Crippen LogP contribution in [0.1, 0.15) is 32.3 Å². The first kappa shape index (κ1) is 20.4. The summed E-state index contributed by atoms with van der Waals surface area (Å²) < 4.78 is 19.6. The lowest BCUT2D eigenvalue weighted by molar-refractivity contribution is -0.130. The number of hydrogen-bond donors (Lipinski definition) is 3. The maximum atomic E-state index is 13.1. The second-order valence-electron chi connectivity index (χ2n) is 5.96. The number of ether oxygens (including phenoxy) is 1. The van der Waals surface area contributed by atoms with Crippen LogP contribution in [0.25, 0.3) is 0 Å². The van der Waals surface area contributed by atoms with Gasteiger partial charge in [0.15, 0.2) is 0 Å². The van der Waals surface area contributed by atoms with Crippen molar-refractivity contribution in [2.24, 2.45) is 0 Å². The van der Waals surface area contributed by atoms with E-state index in [0.29, 0.717) is 32.5 Å². The third kappa shape index (κ3) is 5.30. The minimum absolute atomic E-state index is 0.130. The van der Waals surface area contributed by atoms with E-state index in [1.165, 1.54) is 4.67 Å². The Morgan fingerprint density at radius 3 is 2.50 bits per heavy atom. The minimum Gasteiger partial charge on any atom is -0.445 e. The van der Waals surface area contributed by atoms with Gasteiger partial charge in [-0.15, -0.1) is 0 Å². The Bertz CT molecular complexity index is 645. The summed E-state index contributed by atoms with van der Waals surface area (Å²) in [6.45, 7) is 5.10. The van der Waals surface area contributed by atoms with E-state index in [1.54, 1.807) is 0 Å². The number of benzene rings is 1. The quantitative estimate of drug-likeness (QED) is 0.596. The van der Waals surface area contributed by atoms with Gasteiger partial charge in [0.1, 0.15) is 12.6 Å². The van der Waals surface area contributed by atoms with Crippen LogP contribution >= 0.6 is 7.59 Å². The van der Waals surface area contributed by atoms with Gasteiger partial charge in [0.2, 0.25) is 0 Å². The number of nitrogens with one attached hydrogen (secondary N) is 3. The third-order valence-corrected chi connectivity index (χ3v) is 6.57. The first-order valence-corrected chi connectivity index (χ1v) is 10.6. The molecule has 144 valence electrons. The molecule has 1 aromatic carbocycles. The summed E-state index contributed by atoms with van der Waals surface area (Å²) >= 11 is 0. The van der Waals surface area contributed by atoms with Crippen molar-refractivity contribution in [1.82, 2.24) is 20.2 Å². The zero-order valence-corrected chi connectivity index (χ0v) is 16.1. The topological polar surface area (TPSA) is 99.8 Å². The average Bonchev–Trinajstić information content (AvgIpc) is 2.63. The van der Waals surface area contributed by atoms with Crippen LogP contribution < -0.4 is 15.5 Å². The predicted molar refractivity (Wildman–Crippen MR) is 99.5 cm³/mol. The van der Waals surface area contributed by atoms with Gasteiger partial charge < -0.3 is 10.1 Å². The largest absolute Gasteiger partial charge is 0.445 e. The Labute approximate surface area is 154 Å². The van der Waals surface area contributed by atoms with Crippen molar-refractivity contribution < 1.29 is 18.9 Å². The van der Waals surface area contributed by atoms with Crippen molar-refractivity contribution in [2.45, 2.75) is 39.3 Å². The number of rotatable bonds is 8. The van der Waals surface area contributed by atoms with Crippen LogP contribution in [0.15, 0.2) is 30.3 Å². The molecule has 1 aliphatic rings. The van der Waals surface area contributed by atoms with Gasteiger partial charge in [-0.3, -0.25) is 14.0 Å². The molecule has 1 fully saturated rings. The number of carbonyl (C=O) groups excluding carboxylic acids is 2. The molecule has 0 bridgehead atoms. The van der Waals surface area contributed by atoms with Crippen LogP contribution in [0.2, 0.25) is 0 Å². The molecule has 1 aliphatic heterocycles. The van der Waals surface area contributed by atoms with E-state index in [9.17, 15) is 14.2 Å². The van der Waals surface area contributed by atoms with E-state index >= 15 is 0 Å². The van der Waals surface area contributed by atoms with Crippen LogP contribution in [-0.2, 0) is 20.7 Å². The van der Waals surface area contributed by atoms with E-state index in [-0.39, 0.29) is 12.5 Å². The Hall–Kier alpha value is -1.89. The first-order valence-electron chi connectivity index (χ1n) is 8.89. The Kier molecular flexibility index (Phi) is 7.63. The lowest BCUT2D eigenvalue weighted by atomic mass is 10.1. The summed E-state index contributed by atoms with van der Waals surface area (Å²) in [7, 11) is -3.20. The monoisotopic (exact) mass is 382 g/mol. The van der Waals surface area contributed by atoms with Gasteiger partial charge in [-0.2, -0.15) is 0 Å². The molecule has 2 rings (SSSR count). The fraction of sp³-hybridized carbons (Fsp3) is 0.529. The molecule has 9 heteroatoms. The highest BCUT2D eigenvalue weighted by atomic mass is 31.2. The Morgan fingerprint density at radius 2 is 1.88 bits per heavy atom. The van der Waals surface area contributed by atoms with Gasteiger partial charge >= 0.3 is 13.7 Å². The van der Waals surface area contributed by atoms with Crippen molar-refractivity contribution >= 4 is 19.6 Å². The highest BCUT2D eigenvalue weighted by molar-refractivity contribution is 7.58. The standard InChI is InChI=1S/C17H27N4O4P/c1-3-18-26(24,19-4-2)21-12-8-11-15(16(21)22)20-17(23)25-13-14-9-6-5-7-10-14/h5-7,9-10,15H,3-4,8,11-13H2,1-2H3,(H,20,23)(H2,18,19,24)/t15-/m0/s1. The minimum atomic E-state index is -3.20. The molecule has 1 aromatic rings. The normalized spacial score (nSPS) is 17.8. The summed E-state index contributed by atoms with van der Waals surface area (Å²) in [4.78, 5) is 24.8. The molecular formula is C17H27N4O4P. The number of nitrogens with zero attached hydrogens (tertiary/aromatic N) is 1. The van der Waals surface area contributed by atoms with Crippen molar-refractivity contribution in [2.75, 3.05) is 19.6 Å². The fourth-order valence-corrected chi connectivity index (χ4v) is 4.99. The molecule has 1 atom stereocenters. The van der Waals surface area contributed by atoms with Gasteiger partial charge in [0.25, 0.3) is 5.91 Å². The number of alkyl carbamates (subject to hydrolysis) is 1. The van der Waals surface area contributed by atoms with E-state index in [2.05, 4.69) is 15.5 Å². The second kappa shape index (κ2) is 9.71. The van der Waals surface area contributed by atoms with Crippen LogP contribution in [0, 0.1) is 0 Å². The van der Waals surface area contributed by atoms with Crippen LogP contribution in [-0.4, -0.2) is 42.3 Å². The van der Waals surface area contributed by atoms with E-state index < -0.39 is 19.7 Å². The van der Waals surface area contributed by atoms with Crippen LogP contribution in [0.5, 0.6) is 0 Å². The summed E-state index contributed by atoms with van der Waals surface area (Å²) in [6.07, 6.45) is 0.486. The summed E-state index contributed by atoms with van der Waals surface area (Å²) in [6, 6.07) is 8.56. The molecule has 0 spiro atoms. The molecule has 0 unspecified atom stereocenters. The molecular weight excluding hydrogens is 355 g/mol. The van der Waals surface area contributed by atoms with E-state index in [1.807, 2.05) is 44.2 Å². The number of carbonyl (C=O) groups is 2. The van der Waals surface area contributed by atoms with Gasteiger partial charge in [0.05, 0.1) is 0 Å². The molecule has 2 amide bonds. The number of amides is 2. The highest BCUT2D eigenvalue weighted by Crippen LogP contribution is 2.42. The fourth-order valence-electron chi connectivity index (χ4n) is 2.83. The van der Waals surface area contributed by atoms with Crippen molar-refractivity contribution in [3.05, 3.63) is 35.9 Å². The molecule has 26 heavy (non-hydrogen) atoms. The molecule has 0 aromatic heterocycles. The molecule has 8 nitrogen and oxygen atoms in total. The Balaban J connectivity index is 1.95. The summed E-state index contributed by atoms with van der Waals surface area (Å²) in [5, 5.41) is 8.37. The molecule has 1 saturated heterocycles. The highest BCUT2D eigenvalue weighted by Gasteiger charge is 2.40. The molecule has 0 radical (unpaired) electrons. The van der Waals surface area contributed by atoms with Crippen LogP contribution in [0.4, 0.5) is 4.79 Å². The smallest absolute Gasteiger partial charge is 0.408 e. The van der Waals surface area contributed by atoms with Crippen molar-refractivity contribution in [3.63, 3.8) is 0 Å². The zero-order valence-electron chi connectivity index (χ0n) is 15.2. The van der Waals surface area contributed by atoms with Crippen molar-refractivity contribution in [3.8, 4) is 0 Å². The second-order valence-corrected chi connectivity index (χ2v) is 8.23. The molecule has 0 aliphatic carbocycles. The van der Waals surface area contributed by atoms with Gasteiger partial charge in [-0.05, 0) is 18.4 Å². The lowest BCUT2D eigenvalue weighted by Crippen LogP contribution is -2.53. The van der Waals surface area contributed by atoms with Gasteiger partial charge in [0, 0.05) is 19.6 Å². The van der Waals surface area contributed by atoms with Gasteiger partial charge in [-0.1, -0.05) is 44.2 Å². The lowest BCUT2D eigenvalue weighted by Gasteiger charge is -2.37. The molecule has 0 saturated carbocycles.